The molecule has 132 valence electrons. The van der Waals surface area contributed by atoms with E-state index >= 15 is 0 Å². The summed E-state index contributed by atoms with van der Waals surface area (Å²) in [5.41, 5.74) is 1.95. The highest BCUT2D eigenvalue weighted by Gasteiger charge is 2.21. The zero-order valence-corrected chi connectivity index (χ0v) is 14.4. The van der Waals surface area contributed by atoms with Gasteiger partial charge in [-0.3, -0.25) is 0 Å². The second-order valence-corrected chi connectivity index (χ2v) is 5.82. The van der Waals surface area contributed by atoms with Crippen molar-refractivity contribution >= 4 is 6.03 Å². The van der Waals surface area contributed by atoms with E-state index in [1.807, 2.05) is 42.5 Å². The number of para-hydroxylation sites is 1. The summed E-state index contributed by atoms with van der Waals surface area (Å²) in [6, 6.07) is 13.1. The Labute approximate surface area is 147 Å². The van der Waals surface area contributed by atoms with E-state index in [4.69, 9.17) is 14.2 Å². The number of urea groups is 1. The van der Waals surface area contributed by atoms with E-state index in [9.17, 15) is 4.79 Å². The second-order valence-electron chi connectivity index (χ2n) is 5.82. The highest BCUT2D eigenvalue weighted by atomic mass is 16.5. The number of fused-ring (bicyclic) bond motifs is 1. The highest BCUT2D eigenvalue weighted by Crippen LogP contribution is 2.25. The summed E-state index contributed by atoms with van der Waals surface area (Å²) < 4.78 is 16.2. The Balaban J connectivity index is 1.55. The van der Waals surface area contributed by atoms with E-state index < -0.39 is 0 Å². The van der Waals surface area contributed by atoms with Crippen LogP contribution in [0.25, 0.3) is 0 Å². The van der Waals surface area contributed by atoms with Crippen LogP contribution in [0.1, 0.15) is 11.1 Å². The van der Waals surface area contributed by atoms with Crippen molar-refractivity contribution in [2.75, 3.05) is 20.8 Å². The zero-order valence-electron chi connectivity index (χ0n) is 14.4. The molecule has 0 radical (unpaired) electrons. The average molecular weight is 342 g/mol. The van der Waals surface area contributed by atoms with Gasteiger partial charge in [0.1, 0.15) is 23.9 Å². The number of nitrogens with one attached hydrogen (secondary N) is 2. The zero-order chi connectivity index (χ0) is 17.6. The lowest BCUT2D eigenvalue weighted by Gasteiger charge is -2.26. The van der Waals surface area contributed by atoms with Crippen molar-refractivity contribution in [3.63, 3.8) is 0 Å². The molecule has 6 heteroatoms. The van der Waals surface area contributed by atoms with Crippen molar-refractivity contribution in [1.82, 2.24) is 10.6 Å². The molecule has 0 spiro atoms. The summed E-state index contributed by atoms with van der Waals surface area (Å²) >= 11 is 0. The fourth-order valence-corrected chi connectivity index (χ4v) is 2.85. The number of rotatable bonds is 5. The summed E-state index contributed by atoms with van der Waals surface area (Å²) in [5.74, 6) is 2.31. The van der Waals surface area contributed by atoms with E-state index in [0.717, 1.165) is 29.0 Å². The van der Waals surface area contributed by atoms with Crippen LogP contribution in [-0.4, -0.2) is 32.9 Å². The van der Waals surface area contributed by atoms with Gasteiger partial charge in [-0.15, -0.1) is 0 Å². The van der Waals surface area contributed by atoms with Crippen LogP contribution in [0.15, 0.2) is 42.5 Å². The number of benzene rings is 2. The molecule has 25 heavy (non-hydrogen) atoms. The number of hydrogen-bond acceptors (Lipinski definition) is 4. The Morgan fingerprint density at radius 1 is 1.20 bits per heavy atom. The maximum Gasteiger partial charge on any atom is 0.315 e. The third kappa shape index (κ3) is 4.15. The summed E-state index contributed by atoms with van der Waals surface area (Å²) in [6.45, 7) is 0.809. The Hall–Kier alpha value is -2.89. The largest absolute Gasteiger partial charge is 0.497 e. The summed E-state index contributed by atoms with van der Waals surface area (Å²) in [7, 11) is 3.20. The highest BCUT2D eigenvalue weighted by molar-refractivity contribution is 5.74. The van der Waals surface area contributed by atoms with Crippen LogP contribution in [0.4, 0.5) is 4.79 Å². The molecular weight excluding hydrogens is 320 g/mol. The standard InChI is InChI=1S/C19H22N2O4/c1-23-16-7-8-17(24-2)14(10-16)11-20-19(22)21-15-9-13-5-3-4-6-18(13)25-12-15/h3-8,10,15H,9,11-12H2,1-2H3,(H2,20,21,22)/t15-/m0/s1. The fraction of sp³-hybridized carbons (Fsp3) is 0.316. The van der Waals surface area contributed by atoms with E-state index in [1.165, 1.54) is 0 Å². The van der Waals surface area contributed by atoms with Crippen molar-refractivity contribution in [2.24, 2.45) is 0 Å². The van der Waals surface area contributed by atoms with Gasteiger partial charge in [0.05, 0.1) is 20.3 Å². The minimum atomic E-state index is -0.238. The molecule has 0 saturated carbocycles. The average Bonchev–Trinajstić information content (AvgIpc) is 2.66. The molecule has 3 rings (SSSR count). The van der Waals surface area contributed by atoms with Crippen molar-refractivity contribution in [1.29, 1.82) is 0 Å². The summed E-state index contributed by atoms with van der Waals surface area (Å²) in [5, 5.41) is 5.80. The number of methoxy groups -OCH3 is 2. The van der Waals surface area contributed by atoms with Gasteiger partial charge in [-0.2, -0.15) is 0 Å². The Bertz CT molecular complexity index is 748. The van der Waals surface area contributed by atoms with Gasteiger partial charge in [-0.05, 0) is 36.2 Å². The molecule has 0 saturated heterocycles. The quantitative estimate of drug-likeness (QED) is 0.876. The first-order valence-corrected chi connectivity index (χ1v) is 8.15. The van der Waals surface area contributed by atoms with Crippen molar-refractivity contribution in [2.45, 2.75) is 19.0 Å². The lowest BCUT2D eigenvalue weighted by Crippen LogP contribution is -2.47. The second kappa shape index (κ2) is 7.79. The SMILES string of the molecule is COc1ccc(OC)c(CNC(=O)N[C@@H]2COc3ccccc3C2)c1. The van der Waals surface area contributed by atoms with Gasteiger partial charge in [0.2, 0.25) is 0 Å². The molecular formula is C19H22N2O4. The van der Waals surface area contributed by atoms with Crippen molar-refractivity contribution < 1.29 is 19.0 Å². The van der Waals surface area contributed by atoms with Crippen LogP contribution in [-0.2, 0) is 13.0 Å². The van der Waals surface area contributed by atoms with Crippen LogP contribution < -0.4 is 24.8 Å². The molecule has 2 N–H and O–H groups in total. The van der Waals surface area contributed by atoms with E-state index in [2.05, 4.69) is 10.6 Å². The van der Waals surface area contributed by atoms with Crippen LogP contribution in [0.3, 0.4) is 0 Å². The molecule has 1 heterocycles. The fourth-order valence-electron chi connectivity index (χ4n) is 2.85. The molecule has 2 aromatic carbocycles. The first kappa shape index (κ1) is 17.0. The molecule has 1 atom stereocenters. The van der Waals surface area contributed by atoms with Gasteiger partial charge in [-0.1, -0.05) is 18.2 Å². The van der Waals surface area contributed by atoms with E-state index in [-0.39, 0.29) is 12.1 Å². The normalized spacial score (nSPS) is 15.5. The molecule has 1 aliphatic rings. The van der Waals surface area contributed by atoms with Gasteiger partial charge < -0.3 is 24.8 Å². The third-order valence-electron chi connectivity index (χ3n) is 4.14. The molecule has 0 bridgehead atoms. The number of carbonyl (C=O) groups excluding carboxylic acids is 1. The Morgan fingerprint density at radius 3 is 2.84 bits per heavy atom. The Morgan fingerprint density at radius 2 is 2.04 bits per heavy atom. The van der Waals surface area contributed by atoms with Gasteiger partial charge in [0, 0.05) is 12.1 Å². The van der Waals surface area contributed by atoms with Gasteiger partial charge in [0.25, 0.3) is 0 Å². The van der Waals surface area contributed by atoms with Gasteiger partial charge in [0.15, 0.2) is 0 Å². The summed E-state index contributed by atoms with van der Waals surface area (Å²) in [4.78, 5) is 12.2. The number of hydrogen-bond donors (Lipinski definition) is 2. The molecule has 0 aromatic heterocycles. The topological polar surface area (TPSA) is 68.8 Å². The van der Waals surface area contributed by atoms with E-state index in [0.29, 0.717) is 18.9 Å². The molecule has 2 amide bonds. The minimum absolute atomic E-state index is 0.0536. The van der Waals surface area contributed by atoms with Crippen LogP contribution >= 0.6 is 0 Å². The smallest absolute Gasteiger partial charge is 0.315 e. The lowest BCUT2D eigenvalue weighted by atomic mass is 10.0. The Kier molecular flexibility index (Phi) is 5.28. The predicted octanol–water partition coefficient (Wildman–Crippen LogP) is 2.51. The first-order chi connectivity index (χ1) is 12.2. The predicted molar refractivity (Wildman–Crippen MR) is 94.3 cm³/mol. The number of ether oxygens (including phenoxy) is 3. The molecule has 0 unspecified atom stereocenters. The molecule has 1 aliphatic heterocycles. The minimum Gasteiger partial charge on any atom is -0.497 e. The van der Waals surface area contributed by atoms with Crippen molar-refractivity contribution in [3.05, 3.63) is 53.6 Å². The van der Waals surface area contributed by atoms with Gasteiger partial charge in [-0.25, -0.2) is 4.79 Å². The lowest BCUT2D eigenvalue weighted by molar-refractivity contribution is 0.214. The van der Waals surface area contributed by atoms with Gasteiger partial charge >= 0.3 is 6.03 Å². The van der Waals surface area contributed by atoms with Crippen molar-refractivity contribution in [3.8, 4) is 17.2 Å². The van der Waals surface area contributed by atoms with Crippen LogP contribution in [0.2, 0.25) is 0 Å². The number of amides is 2. The molecule has 2 aromatic rings. The summed E-state index contributed by atoms with van der Waals surface area (Å²) in [6.07, 6.45) is 0.756. The molecule has 6 nitrogen and oxygen atoms in total. The third-order valence-corrected chi connectivity index (χ3v) is 4.14. The first-order valence-electron chi connectivity index (χ1n) is 8.15. The number of carbonyl (C=O) groups is 1. The van der Waals surface area contributed by atoms with Crippen LogP contribution in [0, 0.1) is 0 Å². The van der Waals surface area contributed by atoms with Crippen LogP contribution in [0.5, 0.6) is 17.2 Å². The molecule has 0 aliphatic carbocycles. The monoisotopic (exact) mass is 342 g/mol. The molecule has 0 fully saturated rings. The maximum absolute atomic E-state index is 12.2. The van der Waals surface area contributed by atoms with E-state index in [1.54, 1.807) is 14.2 Å². The maximum atomic E-state index is 12.2.